The topological polar surface area (TPSA) is 69.1 Å². The summed E-state index contributed by atoms with van der Waals surface area (Å²) in [5, 5.41) is 8.17. The summed E-state index contributed by atoms with van der Waals surface area (Å²) in [6, 6.07) is 11.7. The molecule has 0 spiro atoms. The molecule has 0 aliphatic heterocycles. The van der Waals surface area contributed by atoms with Gasteiger partial charge in [0, 0.05) is 24.2 Å². The molecule has 1 aromatic carbocycles. The molecule has 3 aromatic heterocycles. The molecule has 0 bridgehead atoms. The van der Waals surface area contributed by atoms with Crippen molar-refractivity contribution in [3.05, 3.63) is 54.7 Å². The second kappa shape index (κ2) is 4.52. The summed E-state index contributed by atoms with van der Waals surface area (Å²) >= 11 is 0. The lowest BCUT2D eigenvalue weighted by Crippen LogP contribution is -1.85. The molecule has 6 heteroatoms. The molecule has 0 aliphatic rings. The van der Waals surface area contributed by atoms with Gasteiger partial charge in [-0.15, -0.1) is 0 Å². The molecule has 3 heterocycles. The summed E-state index contributed by atoms with van der Waals surface area (Å²) in [5.41, 5.74) is 3.55. The molecule has 4 rings (SSSR count). The number of aryl methyl sites for hydroxylation is 1. The Morgan fingerprint density at radius 2 is 1.95 bits per heavy atom. The van der Waals surface area contributed by atoms with E-state index in [1.165, 1.54) is 0 Å². The van der Waals surface area contributed by atoms with E-state index < -0.39 is 0 Å². The van der Waals surface area contributed by atoms with Gasteiger partial charge in [-0.25, -0.2) is 9.50 Å². The van der Waals surface area contributed by atoms with E-state index in [9.17, 15) is 0 Å². The van der Waals surface area contributed by atoms with Gasteiger partial charge in [-0.3, -0.25) is 0 Å². The molecule has 0 radical (unpaired) electrons. The number of fused-ring (bicyclic) bond motifs is 1. The van der Waals surface area contributed by atoms with Gasteiger partial charge in [0.1, 0.15) is 0 Å². The number of hydrogen-bond acceptors (Lipinski definition) is 5. The lowest BCUT2D eigenvalue weighted by Gasteiger charge is -1.98. The van der Waals surface area contributed by atoms with Crippen molar-refractivity contribution < 1.29 is 4.52 Å². The van der Waals surface area contributed by atoms with Crippen LogP contribution in [0.3, 0.4) is 0 Å². The summed E-state index contributed by atoms with van der Waals surface area (Å²) < 4.78 is 6.77. The monoisotopic (exact) mass is 277 g/mol. The fraction of sp³-hybridized carbons (Fsp3) is 0.0667. The van der Waals surface area contributed by atoms with Crippen LogP contribution in [0.25, 0.3) is 28.3 Å². The zero-order chi connectivity index (χ0) is 14.2. The molecule has 21 heavy (non-hydrogen) atoms. The van der Waals surface area contributed by atoms with Gasteiger partial charge in [0.15, 0.2) is 5.65 Å². The first-order chi connectivity index (χ1) is 10.3. The van der Waals surface area contributed by atoms with E-state index in [2.05, 4.69) is 20.2 Å². The van der Waals surface area contributed by atoms with Gasteiger partial charge < -0.3 is 4.52 Å². The first kappa shape index (κ1) is 11.8. The average molecular weight is 277 g/mol. The first-order valence-corrected chi connectivity index (χ1v) is 6.51. The van der Waals surface area contributed by atoms with Gasteiger partial charge in [0.05, 0.1) is 11.9 Å². The van der Waals surface area contributed by atoms with Crippen molar-refractivity contribution >= 4 is 5.65 Å². The molecule has 0 N–H and O–H groups in total. The highest BCUT2D eigenvalue weighted by Crippen LogP contribution is 2.24. The second-order valence-electron chi connectivity index (χ2n) is 4.67. The fourth-order valence-electron chi connectivity index (χ4n) is 2.20. The van der Waals surface area contributed by atoms with Crippen LogP contribution in [0.2, 0.25) is 0 Å². The molecule has 0 atom stereocenters. The van der Waals surface area contributed by atoms with Crippen LogP contribution in [0.1, 0.15) is 5.89 Å². The summed E-state index contributed by atoms with van der Waals surface area (Å²) in [6.07, 6.45) is 3.63. The molecule has 0 amide bonds. The Hall–Kier alpha value is -3.02. The molecule has 0 saturated heterocycles. The lowest BCUT2D eigenvalue weighted by atomic mass is 10.1. The van der Waals surface area contributed by atoms with Crippen LogP contribution in [0.15, 0.2) is 53.3 Å². The quantitative estimate of drug-likeness (QED) is 0.563. The van der Waals surface area contributed by atoms with E-state index >= 15 is 0 Å². The van der Waals surface area contributed by atoms with E-state index in [0.29, 0.717) is 11.7 Å². The molecule has 0 fully saturated rings. The smallest absolute Gasteiger partial charge is 0.223 e. The SMILES string of the molecule is Cc1nc(-c2cccc(-c3cn4ncccc4n3)c2)no1. The van der Waals surface area contributed by atoms with E-state index in [0.717, 1.165) is 22.5 Å². The van der Waals surface area contributed by atoms with Crippen LogP contribution < -0.4 is 0 Å². The number of nitrogens with zero attached hydrogens (tertiary/aromatic N) is 5. The minimum absolute atomic E-state index is 0.548. The van der Waals surface area contributed by atoms with Crippen molar-refractivity contribution in [2.75, 3.05) is 0 Å². The number of benzene rings is 1. The summed E-state index contributed by atoms with van der Waals surface area (Å²) in [7, 11) is 0. The van der Waals surface area contributed by atoms with E-state index in [-0.39, 0.29) is 0 Å². The third-order valence-corrected chi connectivity index (χ3v) is 3.18. The van der Waals surface area contributed by atoms with Crippen molar-refractivity contribution in [1.29, 1.82) is 0 Å². The average Bonchev–Trinajstić information content (AvgIpc) is 3.13. The Balaban J connectivity index is 1.81. The summed E-state index contributed by atoms with van der Waals surface area (Å²) in [4.78, 5) is 8.80. The number of rotatable bonds is 2. The standard InChI is InChI=1S/C15H11N5O/c1-10-17-15(19-21-10)12-5-2-4-11(8-12)13-9-20-14(18-13)6-3-7-16-20/h2-9H,1H3. The third-order valence-electron chi connectivity index (χ3n) is 3.18. The van der Waals surface area contributed by atoms with Crippen LogP contribution in [0.5, 0.6) is 0 Å². The van der Waals surface area contributed by atoms with Crippen molar-refractivity contribution in [2.45, 2.75) is 6.92 Å². The molecule has 0 aliphatic carbocycles. The van der Waals surface area contributed by atoms with Crippen LogP contribution in [0.4, 0.5) is 0 Å². The molecule has 6 nitrogen and oxygen atoms in total. The van der Waals surface area contributed by atoms with Gasteiger partial charge in [0.25, 0.3) is 0 Å². The van der Waals surface area contributed by atoms with Crippen LogP contribution in [-0.4, -0.2) is 24.7 Å². The Bertz CT molecular complexity index is 891. The minimum atomic E-state index is 0.548. The number of imidazole rings is 1. The summed E-state index contributed by atoms with van der Waals surface area (Å²) in [5.74, 6) is 1.13. The highest BCUT2D eigenvalue weighted by molar-refractivity contribution is 5.69. The molecule has 0 unspecified atom stereocenters. The van der Waals surface area contributed by atoms with Crippen LogP contribution >= 0.6 is 0 Å². The largest absolute Gasteiger partial charge is 0.339 e. The second-order valence-corrected chi connectivity index (χ2v) is 4.67. The Morgan fingerprint density at radius 3 is 2.76 bits per heavy atom. The van der Waals surface area contributed by atoms with Crippen molar-refractivity contribution in [3.63, 3.8) is 0 Å². The van der Waals surface area contributed by atoms with Crippen LogP contribution in [-0.2, 0) is 0 Å². The number of hydrogen-bond donors (Lipinski definition) is 0. The van der Waals surface area contributed by atoms with E-state index in [1.54, 1.807) is 17.6 Å². The highest BCUT2D eigenvalue weighted by atomic mass is 16.5. The maximum Gasteiger partial charge on any atom is 0.223 e. The molecule has 0 saturated carbocycles. The minimum Gasteiger partial charge on any atom is -0.339 e. The van der Waals surface area contributed by atoms with Crippen molar-refractivity contribution in [3.8, 4) is 22.6 Å². The third kappa shape index (κ3) is 2.06. The van der Waals surface area contributed by atoms with Gasteiger partial charge in [-0.2, -0.15) is 10.1 Å². The Morgan fingerprint density at radius 1 is 1.05 bits per heavy atom. The van der Waals surface area contributed by atoms with E-state index in [1.807, 2.05) is 42.6 Å². The first-order valence-electron chi connectivity index (χ1n) is 6.51. The normalized spacial score (nSPS) is 11.1. The zero-order valence-corrected chi connectivity index (χ0v) is 11.3. The fourth-order valence-corrected chi connectivity index (χ4v) is 2.20. The predicted molar refractivity (Wildman–Crippen MR) is 76.5 cm³/mol. The van der Waals surface area contributed by atoms with Crippen LogP contribution in [0, 0.1) is 6.92 Å². The van der Waals surface area contributed by atoms with Gasteiger partial charge >= 0.3 is 0 Å². The molecule has 4 aromatic rings. The maximum absolute atomic E-state index is 5.02. The van der Waals surface area contributed by atoms with Crippen molar-refractivity contribution in [1.82, 2.24) is 24.7 Å². The van der Waals surface area contributed by atoms with Gasteiger partial charge in [-0.05, 0) is 18.2 Å². The Kier molecular flexibility index (Phi) is 2.53. The molecular weight excluding hydrogens is 266 g/mol. The zero-order valence-electron chi connectivity index (χ0n) is 11.3. The lowest BCUT2D eigenvalue weighted by molar-refractivity contribution is 0.394. The molecular formula is C15H11N5O. The van der Waals surface area contributed by atoms with E-state index in [4.69, 9.17) is 4.52 Å². The van der Waals surface area contributed by atoms with Gasteiger partial charge in [0.2, 0.25) is 11.7 Å². The summed E-state index contributed by atoms with van der Waals surface area (Å²) in [6.45, 7) is 1.77. The Labute approximate surface area is 120 Å². The molecule has 102 valence electrons. The predicted octanol–water partition coefficient (Wildman–Crippen LogP) is 2.75. The van der Waals surface area contributed by atoms with Crippen molar-refractivity contribution in [2.24, 2.45) is 0 Å². The highest BCUT2D eigenvalue weighted by Gasteiger charge is 2.09. The number of aromatic nitrogens is 5. The van der Waals surface area contributed by atoms with Gasteiger partial charge in [-0.1, -0.05) is 23.4 Å². The maximum atomic E-state index is 5.02.